The average molecular weight is 368 g/mol. The summed E-state index contributed by atoms with van der Waals surface area (Å²) < 4.78 is 0. The van der Waals surface area contributed by atoms with Gasteiger partial charge in [0, 0.05) is 36.5 Å². The Morgan fingerprint density at radius 3 is 2.89 bits per heavy atom. The van der Waals surface area contributed by atoms with Crippen molar-refractivity contribution in [2.75, 3.05) is 13.6 Å². The minimum absolute atomic E-state index is 0.0458. The lowest BCUT2D eigenvalue weighted by atomic mass is 9.99. The Morgan fingerprint density at radius 1 is 1.33 bits per heavy atom. The Hall–Kier alpha value is -2.83. The SMILES string of the molecule is CCCCCCN(C)C(=O)c1cnc2c3c(ccc2c1)CC([N+](=O)[O-])C=N3. The molecule has 1 aliphatic heterocycles. The third kappa shape index (κ3) is 4.13. The number of nitro groups is 1. The van der Waals surface area contributed by atoms with Gasteiger partial charge in [0.1, 0.15) is 0 Å². The number of fused-ring (bicyclic) bond motifs is 3. The molecular weight excluding hydrogens is 344 g/mol. The van der Waals surface area contributed by atoms with Gasteiger partial charge in [-0.15, -0.1) is 0 Å². The van der Waals surface area contributed by atoms with E-state index in [2.05, 4.69) is 16.9 Å². The second-order valence-electron chi connectivity index (χ2n) is 6.99. The standard InChI is InChI=1S/C20H24N4O3/c1-3-4-5-6-9-23(2)20(25)16-10-14-7-8-15-11-17(24(26)27)13-22-19(15)18(14)21-12-16/h7-8,10,12-13,17H,3-6,9,11H2,1-2H3. The van der Waals surface area contributed by atoms with Gasteiger partial charge in [0.05, 0.1) is 23.0 Å². The van der Waals surface area contributed by atoms with Gasteiger partial charge in [-0.2, -0.15) is 0 Å². The van der Waals surface area contributed by atoms with Gasteiger partial charge in [-0.1, -0.05) is 38.3 Å². The maximum atomic E-state index is 12.6. The van der Waals surface area contributed by atoms with E-state index < -0.39 is 6.04 Å². The maximum Gasteiger partial charge on any atom is 0.255 e. The van der Waals surface area contributed by atoms with Crippen LogP contribution in [0.5, 0.6) is 0 Å². The molecule has 0 saturated carbocycles. The van der Waals surface area contributed by atoms with Crippen LogP contribution >= 0.6 is 0 Å². The Bertz CT molecular complexity index is 894. The number of benzene rings is 1. The maximum absolute atomic E-state index is 12.6. The molecular formula is C20H24N4O3. The van der Waals surface area contributed by atoms with Gasteiger partial charge in [-0.05, 0) is 18.1 Å². The van der Waals surface area contributed by atoms with E-state index in [4.69, 9.17) is 0 Å². The van der Waals surface area contributed by atoms with E-state index in [1.807, 2.05) is 25.2 Å². The number of carbonyl (C=O) groups is 1. The van der Waals surface area contributed by atoms with Crippen molar-refractivity contribution in [1.29, 1.82) is 0 Å². The number of nitrogens with zero attached hydrogens (tertiary/aromatic N) is 4. The number of aliphatic imine (C=N–C) groups is 1. The van der Waals surface area contributed by atoms with Gasteiger partial charge in [0.25, 0.3) is 11.9 Å². The van der Waals surface area contributed by atoms with Crippen LogP contribution in [0.1, 0.15) is 48.5 Å². The third-order valence-electron chi connectivity index (χ3n) is 4.93. The van der Waals surface area contributed by atoms with Crippen LogP contribution in [0.3, 0.4) is 0 Å². The highest BCUT2D eigenvalue weighted by Crippen LogP contribution is 2.32. The van der Waals surface area contributed by atoms with Crippen molar-refractivity contribution in [3.8, 4) is 0 Å². The lowest BCUT2D eigenvalue weighted by Gasteiger charge is -2.18. The molecule has 0 saturated heterocycles. The first kappa shape index (κ1) is 18.9. The average Bonchev–Trinajstić information content (AvgIpc) is 2.69. The quantitative estimate of drug-likeness (QED) is 0.422. The van der Waals surface area contributed by atoms with Crippen molar-refractivity contribution in [2.24, 2.45) is 4.99 Å². The second-order valence-corrected chi connectivity index (χ2v) is 6.99. The van der Waals surface area contributed by atoms with E-state index in [9.17, 15) is 14.9 Å². The Kier molecular flexibility index (Phi) is 5.78. The first-order chi connectivity index (χ1) is 13.0. The number of aromatic nitrogens is 1. The predicted molar refractivity (Wildman–Crippen MR) is 105 cm³/mol. The highest BCUT2D eigenvalue weighted by molar-refractivity contribution is 6.00. The first-order valence-corrected chi connectivity index (χ1v) is 9.36. The molecule has 1 aromatic heterocycles. The van der Waals surface area contributed by atoms with E-state index in [0.29, 0.717) is 23.2 Å². The van der Waals surface area contributed by atoms with Gasteiger partial charge >= 0.3 is 0 Å². The summed E-state index contributed by atoms with van der Waals surface area (Å²) in [4.78, 5) is 33.7. The summed E-state index contributed by atoms with van der Waals surface area (Å²) in [5.74, 6) is -0.0458. The topological polar surface area (TPSA) is 88.7 Å². The van der Waals surface area contributed by atoms with Crippen LogP contribution in [0.4, 0.5) is 5.69 Å². The molecule has 27 heavy (non-hydrogen) atoms. The van der Waals surface area contributed by atoms with Crippen LogP contribution < -0.4 is 0 Å². The molecule has 0 fully saturated rings. The van der Waals surface area contributed by atoms with Crippen molar-refractivity contribution < 1.29 is 9.72 Å². The van der Waals surface area contributed by atoms with Gasteiger partial charge in [0.2, 0.25) is 0 Å². The molecule has 7 nitrogen and oxygen atoms in total. The van der Waals surface area contributed by atoms with E-state index in [-0.39, 0.29) is 10.8 Å². The fourth-order valence-corrected chi connectivity index (χ4v) is 3.32. The van der Waals surface area contributed by atoms with Gasteiger partial charge < -0.3 is 4.90 Å². The lowest BCUT2D eigenvalue weighted by Crippen LogP contribution is -2.28. The predicted octanol–water partition coefficient (Wildman–Crippen LogP) is 3.79. The van der Waals surface area contributed by atoms with Crippen molar-refractivity contribution in [3.63, 3.8) is 0 Å². The van der Waals surface area contributed by atoms with Crippen LogP contribution in [0.25, 0.3) is 10.9 Å². The van der Waals surface area contributed by atoms with Crippen molar-refractivity contribution >= 4 is 28.7 Å². The summed E-state index contributed by atoms with van der Waals surface area (Å²) in [5.41, 5.74) is 2.69. The molecule has 0 N–H and O–H groups in total. The molecule has 0 radical (unpaired) electrons. The molecule has 1 atom stereocenters. The van der Waals surface area contributed by atoms with Crippen molar-refractivity contribution in [2.45, 2.75) is 45.1 Å². The number of hydrogen-bond donors (Lipinski definition) is 0. The van der Waals surface area contributed by atoms with Gasteiger partial charge in [-0.3, -0.25) is 24.9 Å². The van der Waals surface area contributed by atoms with Crippen molar-refractivity contribution in [1.82, 2.24) is 9.88 Å². The highest BCUT2D eigenvalue weighted by Gasteiger charge is 2.25. The summed E-state index contributed by atoms with van der Waals surface area (Å²) in [6.45, 7) is 2.89. The molecule has 0 aliphatic carbocycles. The van der Waals surface area contributed by atoms with Crippen LogP contribution in [0, 0.1) is 10.1 Å². The highest BCUT2D eigenvalue weighted by atomic mass is 16.6. The molecule has 7 heteroatoms. The molecule has 2 aromatic rings. The molecule has 1 amide bonds. The van der Waals surface area contributed by atoms with E-state index in [0.717, 1.165) is 30.3 Å². The molecule has 0 spiro atoms. The van der Waals surface area contributed by atoms with Crippen LogP contribution in [0.2, 0.25) is 0 Å². The number of hydrogen-bond acceptors (Lipinski definition) is 5. The summed E-state index contributed by atoms with van der Waals surface area (Å²) in [5, 5.41) is 11.8. The lowest BCUT2D eigenvalue weighted by molar-refractivity contribution is -0.501. The van der Waals surface area contributed by atoms with Gasteiger partial charge in [-0.25, -0.2) is 0 Å². The fourth-order valence-electron chi connectivity index (χ4n) is 3.32. The summed E-state index contributed by atoms with van der Waals surface area (Å²) in [6.07, 6.45) is 7.72. The van der Waals surface area contributed by atoms with E-state index >= 15 is 0 Å². The van der Waals surface area contributed by atoms with Crippen LogP contribution in [0.15, 0.2) is 29.4 Å². The number of rotatable bonds is 7. The molecule has 1 aromatic carbocycles. The van der Waals surface area contributed by atoms with Gasteiger partial charge in [0.15, 0.2) is 0 Å². The number of amides is 1. The van der Waals surface area contributed by atoms with E-state index in [1.54, 1.807) is 11.1 Å². The monoisotopic (exact) mass is 368 g/mol. The Morgan fingerprint density at radius 2 is 2.15 bits per heavy atom. The fraction of sp³-hybridized carbons (Fsp3) is 0.450. The molecule has 2 heterocycles. The number of unbranched alkanes of at least 4 members (excludes halogenated alkanes) is 3. The minimum Gasteiger partial charge on any atom is -0.342 e. The smallest absolute Gasteiger partial charge is 0.255 e. The van der Waals surface area contributed by atoms with E-state index in [1.165, 1.54) is 19.1 Å². The zero-order valence-corrected chi connectivity index (χ0v) is 15.7. The zero-order valence-electron chi connectivity index (χ0n) is 15.7. The molecule has 1 aliphatic rings. The molecule has 142 valence electrons. The molecule has 1 unspecified atom stereocenters. The molecule has 0 bridgehead atoms. The zero-order chi connectivity index (χ0) is 19.4. The second kappa shape index (κ2) is 8.24. The number of pyridine rings is 1. The van der Waals surface area contributed by atoms with Crippen molar-refractivity contribution in [3.05, 3.63) is 45.6 Å². The number of carbonyl (C=O) groups excluding carboxylic acids is 1. The summed E-state index contributed by atoms with van der Waals surface area (Å²) in [7, 11) is 1.81. The first-order valence-electron chi connectivity index (χ1n) is 9.36. The van der Waals surface area contributed by atoms with Crippen LogP contribution in [-0.2, 0) is 6.42 Å². The minimum atomic E-state index is -0.794. The Balaban J connectivity index is 1.80. The summed E-state index contributed by atoms with van der Waals surface area (Å²) >= 11 is 0. The normalized spacial score (nSPS) is 15.6. The largest absolute Gasteiger partial charge is 0.342 e. The Labute approximate surface area is 158 Å². The molecule has 3 rings (SSSR count). The third-order valence-corrected chi connectivity index (χ3v) is 4.93. The summed E-state index contributed by atoms with van der Waals surface area (Å²) in [6, 6.07) is 4.73. The van der Waals surface area contributed by atoms with Crippen LogP contribution in [-0.4, -0.2) is 46.6 Å².